The van der Waals surface area contributed by atoms with Crippen LogP contribution in [0.15, 0.2) is 29.6 Å². The molecule has 2 amide bonds. The number of hydrogen-bond acceptors (Lipinski definition) is 6. The van der Waals surface area contributed by atoms with Crippen LogP contribution in [0, 0.1) is 6.92 Å². The van der Waals surface area contributed by atoms with Crippen molar-refractivity contribution in [3.8, 4) is 0 Å². The fraction of sp³-hybridized carbons (Fsp3) is 0.429. The number of anilines is 1. The van der Waals surface area contributed by atoms with Crippen molar-refractivity contribution in [1.29, 1.82) is 0 Å². The van der Waals surface area contributed by atoms with Crippen molar-refractivity contribution in [3.63, 3.8) is 0 Å². The van der Waals surface area contributed by atoms with Crippen molar-refractivity contribution in [1.82, 2.24) is 9.88 Å². The zero-order chi connectivity index (χ0) is 20.6. The number of hydrogen-bond donors (Lipinski definition) is 1. The molecule has 1 saturated heterocycles. The first-order valence-electron chi connectivity index (χ1n) is 9.73. The lowest BCUT2D eigenvalue weighted by Gasteiger charge is -2.19. The first kappa shape index (κ1) is 21.0. The number of ether oxygens (including phenoxy) is 1. The number of rotatable bonds is 7. The number of nitrogens with one attached hydrogen (secondary N) is 1. The molecule has 1 aliphatic rings. The van der Waals surface area contributed by atoms with E-state index in [2.05, 4.69) is 10.3 Å². The van der Waals surface area contributed by atoms with Gasteiger partial charge in [0, 0.05) is 24.0 Å². The molecule has 2 aromatic rings. The van der Waals surface area contributed by atoms with Crippen molar-refractivity contribution in [2.24, 2.45) is 0 Å². The molecule has 0 spiro atoms. The van der Waals surface area contributed by atoms with E-state index in [1.54, 1.807) is 10.3 Å². The molecule has 0 unspecified atom stereocenters. The first-order valence-corrected chi connectivity index (χ1v) is 10.6. The SMILES string of the molecule is Cc1ccccc1NC(=O)Cc1nc(COC(=O)CN2CCCCCC2=O)cs1. The molecule has 0 bridgehead atoms. The van der Waals surface area contributed by atoms with Crippen molar-refractivity contribution < 1.29 is 19.1 Å². The second kappa shape index (κ2) is 10.2. The van der Waals surface area contributed by atoms with E-state index in [4.69, 9.17) is 4.74 Å². The topological polar surface area (TPSA) is 88.6 Å². The highest BCUT2D eigenvalue weighted by molar-refractivity contribution is 7.09. The molecule has 7 nitrogen and oxygen atoms in total. The third-order valence-electron chi connectivity index (χ3n) is 4.70. The summed E-state index contributed by atoms with van der Waals surface area (Å²) in [6, 6.07) is 7.58. The van der Waals surface area contributed by atoms with E-state index in [1.807, 2.05) is 31.2 Å². The monoisotopic (exact) mass is 415 g/mol. The van der Waals surface area contributed by atoms with Gasteiger partial charge in [0.05, 0.1) is 12.1 Å². The third kappa shape index (κ3) is 6.39. The molecule has 0 saturated carbocycles. The highest BCUT2D eigenvalue weighted by Gasteiger charge is 2.20. The molecule has 154 valence electrons. The quantitative estimate of drug-likeness (QED) is 0.702. The number of likely N-dealkylation sites (tertiary alicyclic amines) is 1. The molecular weight excluding hydrogens is 390 g/mol. The predicted octanol–water partition coefficient (Wildman–Crippen LogP) is 3.08. The normalized spacial score (nSPS) is 14.4. The summed E-state index contributed by atoms with van der Waals surface area (Å²) < 4.78 is 5.26. The highest BCUT2D eigenvalue weighted by Crippen LogP contribution is 2.16. The first-order chi connectivity index (χ1) is 14.0. The average Bonchev–Trinajstić information content (AvgIpc) is 3.04. The van der Waals surface area contributed by atoms with Crippen molar-refractivity contribution in [2.45, 2.75) is 45.6 Å². The van der Waals surface area contributed by atoms with E-state index in [1.165, 1.54) is 11.3 Å². The van der Waals surface area contributed by atoms with Crippen LogP contribution in [0.2, 0.25) is 0 Å². The molecule has 1 fully saturated rings. The van der Waals surface area contributed by atoms with Gasteiger partial charge in [-0.3, -0.25) is 14.4 Å². The van der Waals surface area contributed by atoms with Gasteiger partial charge in [0.25, 0.3) is 0 Å². The van der Waals surface area contributed by atoms with Crippen LogP contribution in [0.3, 0.4) is 0 Å². The van der Waals surface area contributed by atoms with Gasteiger partial charge < -0.3 is 15.0 Å². The second-order valence-corrected chi connectivity index (χ2v) is 8.00. The van der Waals surface area contributed by atoms with E-state index >= 15 is 0 Å². The molecule has 29 heavy (non-hydrogen) atoms. The molecule has 1 aromatic heterocycles. The van der Waals surface area contributed by atoms with Crippen LogP contribution in [0.1, 0.15) is 41.9 Å². The number of aryl methyl sites for hydroxylation is 1. The van der Waals surface area contributed by atoms with Gasteiger partial charge in [0.15, 0.2) is 0 Å². The Bertz CT molecular complexity index is 880. The Morgan fingerprint density at radius 3 is 2.90 bits per heavy atom. The summed E-state index contributed by atoms with van der Waals surface area (Å²) in [6.45, 7) is 2.56. The molecular formula is C21H25N3O4S. The molecule has 3 rings (SSSR count). The molecule has 0 radical (unpaired) electrons. The maximum Gasteiger partial charge on any atom is 0.326 e. The van der Waals surface area contributed by atoms with Crippen LogP contribution in [-0.2, 0) is 32.1 Å². The Hall–Kier alpha value is -2.74. The molecule has 0 aliphatic carbocycles. The molecule has 0 atom stereocenters. The van der Waals surface area contributed by atoms with Crippen molar-refractivity contribution >= 4 is 34.8 Å². The minimum Gasteiger partial charge on any atom is -0.458 e. The summed E-state index contributed by atoms with van der Waals surface area (Å²) in [5.74, 6) is -0.570. The molecule has 8 heteroatoms. The number of thiazole rings is 1. The number of benzene rings is 1. The van der Waals surface area contributed by atoms with Gasteiger partial charge >= 0.3 is 5.97 Å². The minimum atomic E-state index is -0.438. The van der Waals surface area contributed by atoms with Gasteiger partial charge in [-0.1, -0.05) is 24.6 Å². The van der Waals surface area contributed by atoms with Gasteiger partial charge in [0.1, 0.15) is 18.2 Å². The highest BCUT2D eigenvalue weighted by atomic mass is 32.1. The minimum absolute atomic E-state index is 0.00931. The summed E-state index contributed by atoms with van der Waals surface area (Å²) in [7, 11) is 0. The number of esters is 1. The standard InChI is InChI=1S/C21H25N3O4S/c1-15-7-4-5-8-17(15)23-18(25)11-19-22-16(14-29-19)13-28-21(27)12-24-10-6-2-3-9-20(24)26/h4-5,7-8,14H,2-3,6,9-13H2,1H3,(H,23,25). The largest absolute Gasteiger partial charge is 0.458 e. The summed E-state index contributed by atoms with van der Waals surface area (Å²) in [6.07, 6.45) is 3.46. The number of para-hydroxylation sites is 1. The van der Waals surface area contributed by atoms with E-state index < -0.39 is 5.97 Å². The van der Waals surface area contributed by atoms with Crippen LogP contribution < -0.4 is 5.32 Å². The van der Waals surface area contributed by atoms with Gasteiger partial charge in [0.2, 0.25) is 11.8 Å². The Morgan fingerprint density at radius 1 is 1.24 bits per heavy atom. The van der Waals surface area contributed by atoms with E-state index in [0.29, 0.717) is 23.7 Å². The van der Waals surface area contributed by atoms with Gasteiger partial charge in [-0.2, -0.15) is 0 Å². The van der Waals surface area contributed by atoms with E-state index in [9.17, 15) is 14.4 Å². The maximum absolute atomic E-state index is 12.2. The van der Waals surface area contributed by atoms with Gasteiger partial charge in [-0.05, 0) is 31.4 Å². The number of carbonyl (C=O) groups excluding carboxylic acids is 3. The maximum atomic E-state index is 12.2. The molecule has 1 aliphatic heterocycles. The Labute approximate surface area is 174 Å². The van der Waals surface area contributed by atoms with Crippen LogP contribution in [0.25, 0.3) is 0 Å². The molecule has 2 heterocycles. The van der Waals surface area contributed by atoms with Crippen LogP contribution in [0.5, 0.6) is 0 Å². The smallest absolute Gasteiger partial charge is 0.326 e. The lowest BCUT2D eigenvalue weighted by molar-refractivity contribution is -0.150. The lowest BCUT2D eigenvalue weighted by atomic mass is 10.2. The number of amides is 2. The lowest BCUT2D eigenvalue weighted by Crippen LogP contribution is -2.35. The van der Waals surface area contributed by atoms with E-state index in [0.717, 1.165) is 30.5 Å². The Morgan fingerprint density at radius 2 is 2.07 bits per heavy atom. The van der Waals surface area contributed by atoms with Crippen molar-refractivity contribution in [3.05, 3.63) is 45.9 Å². The number of nitrogens with zero attached hydrogens (tertiary/aromatic N) is 2. The summed E-state index contributed by atoms with van der Waals surface area (Å²) in [5.41, 5.74) is 2.38. The summed E-state index contributed by atoms with van der Waals surface area (Å²) >= 11 is 1.36. The molecule has 1 N–H and O–H groups in total. The average molecular weight is 416 g/mol. The second-order valence-electron chi connectivity index (χ2n) is 7.06. The number of carbonyl (C=O) groups is 3. The fourth-order valence-corrected chi connectivity index (χ4v) is 3.88. The Kier molecular flexibility index (Phi) is 7.35. The molecule has 1 aromatic carbocycles. The van der Waals surface area contributed by atoms with Crippen LogP contribution in [0.4, 0.5) is 5.69 Å². The summed E-state index contributed by atoms with van der Waals surface area (Å²) in [5, 5.41) is 5.31. The zero-order valence-corrected chi connectivity index (χ0v) is 17.3. The van der Waals surface area contributed by atoms with Crippen LogP contribution in [-0.4, -0.2) is 40.8 Å². The fourth-order valence-electron chi connectivity index (χ4n) is 3.10. The zero-order valence-electron chi connectivity index (χ0n) is 16.5. The Balaban J connectivity index is 1.45. The van der Waals surface area contributed by atoms with E-state index in [-0.39, 0.29) is 31.4 Å². The van der Waals surface area contributed by atoms with Crippen LogP contribution >= 0.6 is 11.3 Å². The van der Waals surface area contributed by atoms with Gasteiger partial charge in [-0.15, -0.1) is 11.3 Å². The summed E-state index contributed by atoms with van der Waals surface area (Å²) in [4.78, 5) is 42.2. The van der Waals surface area contributed by atoms with Gasteiger partial charge in [-0.25, -0.2) is 4.98 Å². The number of aromatic nitrogens is 1. The predicted molar refractivity (Wildman–Crippen MR) is 110 cm³/mol. The van der Waals surface area contributed by atoms with Crippen molar-refractivity contribution in [2.75, 3.05) is 18.4 Å². The third-order valence-corrected chi connectivity index (χ3v) is 5.60.